The predicted molar refractivity (Wildman–Crippen MR) is 106 cm³/mol. The van der Waals surface area contributed by atoms with Crippen LogP contribution in [0.1, 0.15) is 37.7 Å². The molecule has 1 aliphatic heterocycles. The second-order valence-corrected chi connectivity index (χ2v) is 7.70. The van der Waals surface area contributed by atoms with E-state index in [9.17, 15) is 4.79 Å². The van der Waals surface area contributed by atoms with Crippen LogP contribution >= 0.6 is 0 Å². The lowest BCUT2D eigenvalue weighted by Gasteiger charge is -2.33. The Morgan fingerprint density at radius 3 is 2.75 bits per heavy atom. The predicted octanol–water partition coefficient (Wildman–Crippen LogP) is 3.22. The summed E-state index contributed by atoms with van der Waals surface area (Å²) in [6.07, 6.45) is 8.28. The molecule has 1 fully saturated rings. The highest BCUT2D eigenvalue weighted by Gasteiger charge is 2.38. The third-order valence-corrected chi connectivity index (χ3v) is 5.73. The van der Waals surface area contributed by atoms with Gasteiger partial charge in [0.15, 0.2) is 6.10 Å². The molecule has 0 spiro atoms. The van der Waals surface area contributed by atoms with Gasteiger partial charge in [-0.1, -0.05) is 37.5 Å². The monoisotopic (exact) mass is 384 g/mol. The Balaban J connectivity index is 1.55. The Morgan fingerprint density at radius 2 is 2.00 bits per heavy atom. The van der Waals surface area contributed by atoms with Gasteiger partial charge < -0.3 is 14.2 Å². The van der Waals surface area contributed by atoms with Crippen LogP contribution < -0.4 is 15.0 Å². The Hall–Kier alpha value is -2.34. The van der Waals surface area contributed by atoms with Crippen molar-refractivity contribution >= 4 is 0 Å². The number of nitrogens with zero attached hydrogens (tertiary/aromatic N) is 2. The maximum Gasteiger partial charge on any atom is 0.300 e. The molecule has 2 unspecified atom stereocenters. The summed E-state index contributed by atoms with van der Waals surface area (Å²) in [5.74, 6) is 1.31. The number of fused-ring (bicyclic) bond motifs is 1. The van der Waals surface area contributed by atoms with Crippen LogP contribution in [0.25, 0.3) is 0 Å². The first kappa shape index (κ1) is 19.0. The summed E-state index contributed by atoms with van der Waals surface area (Å²) in [6, 6.07) is 10.3. The summed E-state index contributed by atoms with van der Waals surface area (Å²) >= 11 is 0. The van der Waals surface area contributed by atoms with Gasteiger partial charge in [0, 0.05) is 25.3 Å². The third kappa shape index (κ3) is 4.22. The molecule has 1 aliphatic carbocycles. The molecule has 0 radical (unpaired) electrons. The standard InChI is InChI=1S/C22H28N2O4/c1-26-13-12-17-14-24-15-19(28-22(24)23-21(17)25)20(16-8-4-2-5-9-16)27-18-10-6-3-7-11-18/h3,6-7,10-11,14,16,19-20H,2,4-5,8-9,12-13,15H2,1H3. The quantitative estimate of drug-likeness (QED) is 0.733. The van der Waals surface area contributed by atoms with Gasteiger partial charge in [0.05, 0.1) is 13.2 Å². The van der Waals surface area contributed by atoms with Gasteiger partial charge in [0.1, 0.15) is 11.9 Å². The Bertz CT molecular complexity index is 830. The molecule has 4 rings (SSSR count). The first-order chi connectivity index (χ1) is 13.7. The van der Waals surface area contributed by atoms with Crippen LogP contribution in [0.3, 0.4) is 0 Å². The maximum atomic E-state index is 12.3. The Morgan fingerprint density at radius 1 is 1.21 bits per heavy atom. The SMILES string of the molecule is COCCc1cn2c(nc1=O)OC(C(Oc1ccccc1)C1CCCCC1)C2. The van der Waals surface area contributed by atoms with Gasteiger partial charge in [0.2, 0.25) is 0 Å². The van der Waals surface area contributed by atoms with E-state index < -0.39 is 0 Å². The van der Waals surface area contributed by atoms with Crippen molar-refractivity contribution in [3.05, 3.63) is 52.4 Å². The van der Waals surface area contributed by atoms with Crippen molar-refractivity contribution in [1.82, 2.24) is 9.55 Å². The molecule has 0 N–H and O–H groups in total. The minimum absolute atomic E-state index is 0.0538. The van der Waals surface area contributed by atoms with E-state index in [2.05, 4.69) is 4.98 Å². The van der Waals surface area contributed by atoms with Gasteiger partial charge in [-0.05, 0) is 30.9 Å². The molecule has 1 aromatic carbocycles. The van der Waals surface area contributed by atoms with Crippen molar-refractivity contribution in [2.75, 3.05) is 13.7 Å². The zero-order valence-electron chi connectivity index (χ0n) is 16.4. The lowest BCUT2D eigenvalue weighted by molar-refractivity contribution is 0.0116. The van der Waals surface area contributed by atoms with E-state index in [-0.39, 0.29) is 17.8 Å². The van der Waals surface area contributed by atoms with Crippen LogP contribution in [0.15, 0.2) is 41.3 Å². The first-order valence-corrected chi connectivity index (χ1v) is 10.2. The van der Waals surface area contributed by atoms with Gasteiger partial charge in [-0.3, -0.25) is 9.36 Å². The van der Waals surface area contributed by atoms with E-state index in [0.29, 0.717) is 37.1 Å². The van der Waals surface area contributed by atoms with Gasteiger partial charge in [0.25, 0.3) is 11.6 Å². The highest BCUT2D eigenvalue weighted by molar-refractivity contribution is 5.22. The molecule has 1 aromatic heterocycles. The minimum Gasteiger partial charge on any atom is -0.486 e. The van der Waals surface area contributed by atoms with Crippen molar-refractivity contribution in [2.45, 2.75) is 57.3 Å². The fourth-order valence-electron chi connectivity index (χ4n) is 4.26. The molecule has 0 saturated heterocycles. The molecule has 2 aromatic rings. The largest absolute Gasteiger partial charge is 0.486 e. The van der Waals surface area contributed by atoms with Gasteiger partial charge in [-0.25, -0.2) is 0 Å². The van der Waals surface area contributed by atoms with Crippen LogP contribution in [0.5, 0.6) is 11.8 Å². The lowest BCUT2D eigenvalue weighted by atomic mass is 9.83. The normalized spacial score (nSPS) is 20.4. The molecule has 1 saturated carbocycles. The molecule has 150 valence electrons. The Kier molecular flexibility index (Phi) is 5.95. The first-order valence-electron chi connectivity index (χ1n) is 10.2. The van der Waals surface area contributed by atoms with Gasteiger partial charge >= 0.3 is 0 Å². The average Bonchev–Trinajstić information content (AvgIpc) is 3.14. The molecular formula is C22H28N2O4. The summed E-state index contributed by atoms with van der Waals surface area (Å²) in [5.41, 5.74) is 0.426. The summed E-state index contributed by atoms with van der Waals surface area (Å²) in [5, 5.41) is 0. The topological polar surface area (TPSA) is 62.6 Å². The summed E-state index contributed by atoms with van der Waals surface area (Å²) in [6.45, 7) is 1.15. The fraction of sp³-hybridized carbons (Fsp3) is 0.545. The average molecular weight is 384 g/mol. The number of benzene rings is 1. The van der Waals surface area contributed by atoms with Crippen LogP contribution in [-0.2, 0) is 17.7 Å². The zero-order chi connectivity index (χ0) is 19.3. The molecule has 0 bridgehead atoms. The summed E-state index contributed by atoms with van der Waals surface area (Å²) in [4.78, 5) is 16.4. The number of hydrogen-bond acceptors (Lipinski definition) is 5. The van der Waals surface area contributed by atoms with Crippen LogP contribution in [0.2, 0.25) is 0 Å². The lowest BCUT2D eigenvalue weighted by Crippen LogP contribution is -2.42. The molecule has 2 heterocycles. The van der Waals surface area contributed by atoms with E-state index in [4.69, 9.17) is 14.2 Å². The maximum absolute atomic E-state index is 12.3. The highest BCUT2D eigenvalue weighted by atomic mass is 16.6. The van der Waals surface area contributed by atoms with E-state index in [1.54, 1.807) is 7.11 Å². The highest BCUT2D eigenvalue weighted by Crippen LogP contribution is 2.34. The van der Waals surface area contributed by atoms with E-state index in [1.807, 2.05) is 41.1 Å². The third-order valence-electron chi connectivity index (χ3n) is 5.73. The number of para-hydroxylation sites is 1. The number of hydrogen-bond donors (Lipinski definition) is 0. The summed E-state index contributed by atoms with van der Waals surface area (Å²) < 4.78 is 19.6. The molecule has 6 nitrogen and oxygen atoms in total. The van der Waals surface area contributed by atoms with E-state index >= 15 is 0 Å². The number of methoxy groups -OCH3 is 1. The van der Waals surface area contributed by atoms with Gasteiger partial charge in [-0.15, -0.1) is 0 Å². The number of ether oxygens (including phenoxy) is 3. The smallest absolute Gasteiger partial charge is 0.300 e. The van der Waals surface area contributed by atoms with Crippen molar-refractivity contribution < 1.29 is 14.2 Å². The molecular weight excluding hydrogens is 356 g/mol. The van der Waals surface area contributed by atoms with Crippen molar-refractivity contribution in [1.29, 1.82) is 0 Å². The molecule has 6 heteroatoms. The van der Waals surface area contributed by atoms with E-state index in [1.165, 1.54) is 19.3 Å². The molecule has 2 atom stereocenters. The Labute approximate surface area is 165 Å². The number of rotatable bonds is 7. The second-order valence-electron chi connectivity index (χ2n) is 7.70. The van der Waals surface area contributed by atoms with Crippen LogP contribution in [0, 0.1) is 5.92 Å². The van der Waals surface area contributed by atoms with Crippen molar-refractivity contribution in [2.24, 2.45) is 5.92 Å². The zero-order valence-corrected chi connectivity index (χ0v) is 16.4. The summed E-state index contributed by atoms with van der Waals surface area (Å²) in [7, 11) is 1.63. The minimum atomic E-state index is -0.234. The van der Waals surface area contributed by atoms with Crippen molar-refractivity contribution in [3.8, 4) is 11.8 Å². The molecule has 0 amide bonds. The molecule has 2 aliphatic rings. The van der Waals surface area contributed by atoms with Gasteiger partial charge in [-0.2, -0.15) is 4.98 Å². The van der Waals surface area contributed by atoms with E-state index in [0.717, 1.165) is 18.6 Å². The number of aromatic nitrogens is 2. The van der Waals surface area contributed by atoms with Crippen LogP contribution in [0.4, 0.5) is 0 Å². The van der Waals surface area contributed by atoms with Crippen molar-refractivity contribution in [3.63, 3.8) is 0 Å². The van der Waals surface area contributed by atoms with Crippen LogP contribution in [-0.4, -0.2) is 35.5 Å². The molecule has 28 heavy (non-hydrogen) atoms. The fourth-order valence-corrected chi connectivity index (χ4v) is 4.26. The second kappa shape index (κ2) is 8.78.